The van der Waals surface area contributed by atoms with Gasteiger partial charge in [-0.1, -0.05) is 52.6 Å². The number of hydrazine groups is 1. The van der Waals surface area contributed by atoms with Crippen molar-refractivity contribution in [1.82, 2.24) is 5.43 Å². The zero-order chi connectivity index (χ0) is 20.3. The molecule has 0 aliphatic carbocycles. The van der Waals surface area contributed by atoms with Crippen LogP contribution in [0, 0.1) is 27.7 Å². The molecule has 0 aliphatic rings. The summed E-state index contributed by atoms with van der Waals surface area (Å²) in [7, 11) is 0. The number of anilines is 1. The average molecular weight is 372 g/mol. The maximum absolute atomic E-state index is 13.3. The van der Waals surface area contributed by atoms with E-state index >= 15 is 0 Å². The Morgan fingerprint density at radius 2 is 1.14 bits per heavy atom. The number of carbonyl (C=O) groups excluding carboxylic acids is 2. The van der Waals surface area contributed by atoms with Crippen LogP contribution in [0.2, 0.25) is 0 Å². The minimum absolute atomic E-state index is 0.282. The van der Waals surface area contributed by atoms with Crippen LogP contribution in [-0.2, 0) is 0 Å². The van der Waals surface area contributed by atoms with Crippen LogP contribution in [0.1, 0.15) is 43.0 Å². The van der Waals surface area contributed by atoms with E-state index in [1.54, 1.807) is 12.1 Å². The second-order valence-electron chi connectivity index (χ2n) is 7.17. The van der Waals surface area contributed by atoms with Crippen molar-refractivity contribution in [2.45, 2.75) is 27.7 Å². The molecule has 0 spiro atoms. The highest BCUT2D eigenvalue weighted by Gasteiger charge is 2.21. The number of hydrogen-bond acceptors (Lipinski definition) is 2. The van der Waals surface area contributed by atoms with Crippen LogP contribution in [0.3, 0.4) is 0 Å². The first-order chi connectivity index (χ1) is 13.3. The number of amides is 2. The maximum Gasteiger partial charge on any atom is 0.277 e. The molecule has 3 aromatic carbocycles. The molecular formula is C24H24N2O2. The molecule has 2 amide bonds. The summed E-state index contributed by atoms with van der Waals surface area (Å²) in [6, 6.07) is 20.4. The fraction of sp³-hybridized carbons (Fsp3) is 0.167. The van der Waals surface area contributed by atoms with Gasteiger partial charge in [0.05, 0.1) is 5.69 Å². The number of rotatable bonds is 3. The molecule has 0 bridgehead atoms. The quantitative estimate of drug-likeness (QED) is 0.664. The average Bonchev–Trinajstić information content (AvgIpc) is 2.64. The summed E-state index contributed by atoms with van der Waals surface area (Å²) >= 11 is 0. The lowest BCUT2D eigenvalue weighted by Crippen LogP contribution is -2.46. The Bertz CT molecular complexity index is 986. The molecule has 0 unspecified atom stereocenters. The van der Waals surface area contributed by atoms with Crippen molar-refractivity contribution in [2.75, 3.05) is 5.01 Å². The van der Waals surface area contributed by atoms with Crippen LogP contribution in [0.15, 0.2) is 66.7 Å². The van der Waals surface area contributed by atoms with Gasteiger partial charge in [0.2, 0.25) is 0 Å². The van der Waals surface area contributed by atoms with E-state index in [2.05, 4.69) is 5.43 Å². The molecule has 3 rings (SSSR count). The highest BCUT2D eigenvalue weighted by molar-refractivity contribution is 6.09. The number of para-hydroxylation sites is 1. The Morgan fingerprint density at radius 1 is 0.679 bits per heavy atom. The number of carbonyl (C=O) groups is 2. The second-order valence-corrected chi connectivity index (χ2v) is 7.17. The van der Waals surface area contributed by atoms with E-state index in [1.807, 2.05) is 82.3 Å². The molecule has 0 fully saturated rings. The smallest absolute Gasteiger partial charge is 0.267 e. The summed E-state index contributed by atoms with van der Waals surface area (Å²) in [5.74, 6) is -0.607. The molecule has 0 saturated carbocycles. The second kappa shape index (κ2) is 8.09. The van der Waals surface area contributed by atoms with Crippen LogP contribution in [0.5, 0.6) is 0 Å². The van der Waals surface area contributed by atoms with Crippen molar-refractivity contribution in [3.05, 3.63) is 100 Å². The first-order valence-electron chi connectivity index (χ1n) is 9.20. The molecule has 0 heterocycles. The lowest BCUT2D eigenvalue weighted by atomic mass is 10.1. The minimum Gasteiger partial charge on any atom is -0.267 e. The van der Waals surface area contributed by atoms with Crippen molar-refractivity contribution in [3.63, 3.8) is 0 Å². The number of aryl methyl sites for hydroxylation is 4. The van der Waals surface area contributed by atoms with Crippen molar-refractivity contribution in [2.24, 2.45) is 0 Å². The number of benzene rings is 3. The van der Waals surface area contributed by atoms with Gasteiger partial charge in [0.25, 0.3) is 11.8 Å². The minimum atomic E-state index is -0.326. The molecular weight excluding hydrogens is 348 g/mol. The highest BCUT2D eigenvalue weighted by atomic mass is 16.2. The van der Waals surface area contributed by atoms with Gasteiger partial charge < -0.3 is 0 Å². The summed E-state index contributed by atoms with van der Waals surface area (Å²) < 4.78 is 0. The summed E-state index contributed by atoms with van der Waals surface area (Å²) in [6.45, 7) is 7.79. The third kappa shape index (κ3) is 4.46. The maximum atomic E-state index is 13.3. The van der Waals surface area contributed by atoms with E-state index < -0.39 is 0 Å². The summed E-state index contributed by atoms with van der Waals surface area (Å²) in [5.41, 5.74) is 8.43. The van der Waals surface area contributed by atoms with Gasteiger partial charge in [-0.2, -0.15) is 0 Å². The fourth-order valence-electron chi connectivity index (χ4n) is 3.31. The normalized spacial score (nSPS) is 10.4. The third-order valence-electron chi connectivity index (χ3n) is 4.38. The van der Waals surface area contributed by atoms with Crippen molar-refractivity contribution in [3.8, 4) is 0 Å². The van der Waals surface area contributed by atoms with Crippen LogP contribution in [-0.4, -0.2) is 11.8 Å². The van der Waals surface area contributed by atoms with Gasteiger partial charge in [0, 0.05) is 11.1 Å². The summed E-state index contributed by atoms with van der Waals surface area (Å²) in [4.78, 5) is 26.2. The molecule has 0 aromatic heterocycles. The number of hydrogen-bond donors (Lipinski definition) is 1. The monoisotopic (exact) mass is 372 g/mol. The Balaban J connectivity index is 1.98. The van der Waals surface area contributed by atoms with E-state index in [4.69, 9.17) is 0 Å². The first kappa shape index (κ1) is 19.4. The van der Waals surface area contributed by atoms with Crippen LogP contribution in [0.25, 0.3) is 0 Å². The Labute approximate surface area is 165 Å². The molecule has 0 aliphatic heterocycles. The zero-order valence-corrected chi connectivity index (χ0v) is 16.6. The van der Waals surface area contributed by atoms with E-state index in [9.17, 15) is 9.59 Å². The molecule has 28 heavy (non-hydrogen) atoms. The summed E-state index contributed by atoms with van der Waals surface area (Å²) in [5, 5.41) is 1.31. The predicted molar refractivity (Wildman–Crippen MR) is 113 cm³/mol. The molecule has 0 saturated heterocycles. The molecule has 1 N–H and O–H groups in total. The number of nitrogens with one attached hydrogen (secondary N) is 1. The van der Waals surface area contributed by atoms with Gasteiger partial charge >= 0.3 is 0 Å². The third-order valence-corrected chi connectivity index (χ3v) is 4.38. The van der Waals surface area contributed by atoms with E-state index in [-0.39, 0.29) is 11.8 Å². The Morgan fingerprint density at radius 3 is 1.64 bits per heavy atom. The fourth-order valence-corrected chi connectivity index (χ4v) is 3.31. The zero-order valence-electron chi connectivity index (χ0n) is 16.6. The summed E-state index contributed by atoms with van der Waals surface area (Å²) in [6.07, 6.45) is 0. The molecule has 0 radical (unpaired) electrons. The van der Waals surface area contributed by atoms with Gasteiger partial charge in [-0.3, -0.25) is 15.0 Å². The van der Waals surface area contributed by atoms with Gasteiger partial charge in [0.1, 0.15) is 0 Å². The van der Waals surface area contributed by atoms with Gasteiger partial charge in [-0.15, -0.1) is 0 Å². The molecule has 3 aromatic rings. The van der Waals surface area contributed by atoms with E-state index in [0.717, 1.165) is 22.3 Å². The Hall–Kier alpha value is -3.40. The van der Waals surface area contributed by atoms with Crippen molar-refractivity contribution >= 4 is 17.5 Å². The van der Waals surface area contributed by atoms with E-state index in [0.29, 0.717) is 16.8 Å². The molecule has 0 atom stereocenters. The largest absolute Gasteiger partial charge is 0.277 e. The van der Waals surface area contributed by atoms with Crippen molar-refractivity contribution in [1.29, 1.82) is 0 Å². The first-order valence-corrected chi connectivity index (χ1v) is 9.20. The standard InChI is InChI=1S/C24H24N2O2/c1-16-10-17(2)13-20(12-16)23(27)25-26(22-8-6-5-7-9-22)24(28)21-14-18(3)11-19(4)15-21/h5-15H,1-4H3,(H,25,27). The topological polar surface area (TPSA) is 49.4 Å². The molecule has 142 valence electrons. The van der Waals surface area contributed by atoms with Crippen LogP contribution in [0.4, 0.5) is 5.69 Å². The predicted octanol–water partition coefficient (Wildman–Crippen LogP) is 4.91. The molecule has 4 heteroatoms. The van der Waals surface area contributed by atoms with Crippen molar-refractivity contribution < 1.29 is 9.59 Å². The van der Waals surface area contributed by atoms with Gasteiger partial charge in [-0.25, -0.2) is 5.01 Å². The molecule has 4 nitrogen and oxygen atoms in total. The lowest BCUT2D eigenvalue weighted by Gasteiger charge is -2.24. The van der Waals surface area contributed by atoms with Gasteiger partial charge in [-0.05, 0) is 64.1 Å². The number of nitrogens with zero attached hydrogens (tertiary/aromatic N) is 1. The van der Waals surface area contributed by atoms with Crippen LogP contribution >= 0.6 is 0 Å². The lowest BCUT2D eigenvalue weighted by molar-refractivity contribution is 0.0887. The highest BCUT2D eigenvalue weighted by Crippen LogP contribution is 2.18. The van der Waals surface area contributed by atoms with Crippen LogP contribution < -0.4 is 10.4 Å². The SMILES string of the molecule is Cc1cc(C)cc(C(=O)NN(C(=O)c2cc(C)cc(C)c2)c2ccccc2)c1. The van der Waals surface area contributed by atoms with Gasteiger partial charge in [0.15, 0.2) is 0 Å². The van der Waals surface area contributed by atoms with E-state index in [1.165, 1.54) is 5.01 Å². The Kier molecular flexibility index (Phi) is 5.59.